The second-order valence-corrected chi connectivity index (χ2v) is 4.47. The fourth-order valence-corrected chi connectivity index (χ4v) is 1.77. The molecule has 0 aliphatic heterocycles. The van der Waals surface area contributed by atoms with Crippen molar-refractivity contribution >= 4 is 0 Å². The van der Waals surface area contributed by atoms with Gasteiger partial charge in [0, 0.05) is 5.41 Å². The molecule has 0 saturated heterocycles. The largest absolute Gasteiger partial charge is 0.396 e. The average Bonchev–Trinajstić information content (AvgIpc) is 2.33. The number of benzene rings is 1. The molecule has 1 aromatic carbocycles. The summed E-state index contributed by atoms with van der Waals surface area (Å²) in [5, 5.41) is 28.0. The topological polar surface area (TPSA) is 60.7 Å². The van der Waals surface area contributed by atoms with E-state index < -0.39 is 5.41 Å². The SMILES string of the molecule is Cc1ccc(C(C)C(CO)(CO)CO)cc1. The van der Waals surface area contributed by atoms with Crippen molar-refractivity contribution < 1.29 is 15.3 Å². The van der Waals surface area contributed by atoms with Crippen molar-refractivity contribution in [1.82, 2.24) is 0 Å². The Morgan fingerprint density at radius 3 is 1.81 bits per heavy atom. The van der Waals surface area contributed by atoms with Crippen LogP contribution in [0.3, 0.4) is 0 Å². The van der Waals surface area contributed by atoms with E-state index >= 15 is 0 Å². The van der Waals surface area contributed by atoms with Crippen molar-refractivity contribution in [2.24, 2.45) is 5.41 Å². The van der Waals surface area contributed by atoms with Crippen LogP contribution >= 0.6 is 0 Å². The molecule has 0 aliphatic carbocycles. The minimum Gasteiger partial charge on any atom is -0.396 e. The predicted octanol–water partition coefficient (Wildman–Crippen LogP) is 1.06. The molecule has 3 N–H and O–H groups in total. The summed E-state index contributed by atoms with van der Waals surface area (Å²) in [6.07, 6.45) is 0. The molecule has 1 rings (SSSR count). The van der Waals surface area contributed by atoms with Gasteiger partial charge in [0.05, 0.1) is 19.8 Å². The highest BCUT2D eigenvalue weighted by Crippen LogP contribution is 2.34. The third-order valence-electron chi connectivity index (χ3n) is 3.44. The molecular weight excluding hydrogens is 204 g/mol. The fraction of sp³-hybridized carbons (Fsp3) is 0.538. The van der Waals surface area contributed by atoms with Gasteiger partial charge in [0.2, 0.25) is 0 Å². The minimum absolute atomic E-state index is 0.0897. The Hall–Kier alpha value is -0.900. The Bertz CT molecular complexity index is 306. The molecule has 1 aromatic rings. The average molecular weight is 224 g/mol. The van der Waals surface area contributed by atoms with Gasteiger partial charge in [0.1, 0.15) is 0 Å². The molecule has 0 radical (unpaired) electrons. The van der Waals surface area contributed by atoms with Gasteiger partial charge in [-0.05, 0) is 18.4 Å². The second kappa shape index (κ2) is 5.43. The number of rotatable bonds is 5. The Labute approximate surface area is 96.4 Å². The monoisotopic (exact) mass is 224 g/mol. The first-order valence-corrected chi connectivity index (χ1v) is 5.49. The standard InChI is InChI=1S/C13H20O3/c1-10-3-5-12(6-4-10)11(2)13(7-14,8-15)9-16/h3-6,11,14-16H,7-9H2,1-2H3. The summed E-state index contributed by atoms with van der Waals surface area (Å²) >= 11 is 0. The molecule has 0 fully saturated rings. The number of aryl methyl sites for hydroxylation is 1. The molecular formula is C13H20O3. The lowest BCUT2D eigenvalue weighted by Crippen LogP contribution is -2.39. The molecule has 0 spiro atoms. The smallest absolute Gasteiger partial charge is 0.0537 e. The molecule has 0 saturated carbocycles. The van der Waals surface area contributed by atoms with Crippen LogP contribution in [0.5, 0.6) is 0 Å². The number of hydrogen-bond acceptors (Lipinski definition) is 3. The molecule has 0 bridgehead atoms. The van der Waals surface area contributed by atoms with Crippen LogP contribution < -0.4 is 0 Å². The maximum Gasteiger partial charge on any atom is 0.0537 e. The van der Waals surface area contributed by atoms with Gasteiger partial charge in [-0.2, -0.15) is 0 Å². The van der Waals surface area contributed by atoms with Gasteiger partial charge in [0.25, 0.3) is 0 Å². The van der Waals surface area contributed by atoms with Crippen molar-refractivity contribution in [2.75, 3.05) is 19.8 Å². The first kappa shape index (κ1) is 13.2. The summed E-state index contributed by atoms with van der Waals surface area (Å²) in [7, 11) is 0. The van der Waals surface area contributed by atoms with Crippen LogP contribution in [0.2, 0.25) is 0 Å². The van der Waals surface area contributed by atoms with Crippen molar-refractivity contribution in [3.8, 4) is 0 Å². The van der Waals surface area contributed by atoms with E-state index in [4.69, 9.17) is 0 Å². The van der Waals surface area contributed by atoms with E-state index in [1.165, 1.54) is 5.56 Å². The Morgan fingerprint density at radius 2 is 1.44 bits per heavy atom. The number of aliphatic hydroxyl groups is 3. The van der Waals surface area contributed by atoms with Gasteiger partial charge in [-0.3, -0.25) is 0 Å². The molecule has 0 aromatic heterocycles. The van der Waals surface area contributed by atoms with E-state index in [-0.39, 0.29) is 25.7 Å². The van der Waals surface area contributed by atoms with Crippen LogP contribution in [0.1, 0.15) is 24.0 Å². The lowest BCUT2D eigenvalue weighted by Gasteiger charge is -2.34. The summed E-state index contributed by atoms with van der Waals surface area (Å²) in [6.45, 7) is 3.23. The van der Waals surface area contributed by atoms with E-state index in [9.17, 15) is 15.3 Å². The lowest BCUT2D eigenvalue weighted by atomic mass is 9.74. The zero-order valence-electron chi connectivity index (χ0n) is 9.85. The first-order chi connectivity index (χ1) is 7.59. The quantitative estimate of drug-likeness (QED) is 0.701. The molecule has 1 atom stereocenters. The summed E-state index contributed by atoms with van der Waals surface area (Å²) in [5.41, 5.74) is 1.33. The molecule has 0 heterocycles. The van der Waals surface area contributed by atoms with Gasteiger partial charge in [-0.15, -0.1) is 0 Å². The van der Waals surface area contributed by atoms with Crippen molar-refractivity contribution in [3.63, 3.8) is 0 Å². The van der Waals surface area contributed by atoms with E-state index in [1.807, 2.05) is 38.1 Å². The van der Waals surface area contributed by atoms with Gasteiger partial charge < -0.3 is 15.3 Å². The van der Waals surface area contributed by atoms with E-state index in [0.717, 1.165) is 5.56 Å². The molecule has 90 valence electrons. The van der Waals surface area contributed by atoms with Gasteiger partial charge in [0.15, 0.2) is 0 Å². The Kier molecular flexibility index (Phi) is 4.47. The van der Waals surface area contributed by atoms with Crippen molar-refractivity contribution in [3.05, 3.63) is 35.4 Å². The number of aliphatic hydroxyl groups excluding tert-OH is 3. The van der Waals surface area contributed by atoms with Gasteiger partial charge >= 0.3 is 0 Å². The third-order valence-corrected chi connectivity index (χ3v) is 3.44. The van der Waals surface area contributed by atoms with Crippen LogP contribution in [0.4, 0.5) is 0 Å². The second-order valence-electron chi connectivity index (χ2n) is 4.47. The summed E-state index contributed by atoms with van der Waals surface area (Å²) in [5.74, 6) is -0.0897. The fourth-order valence-electron chi connectivity index (χ4n) is 1.77. The lowest BCUT2D eigenvalue weighted by molar-refractivity contribution is -0.0111. The minimum atomic E-state index is -0.852. The number of hydrogen-bond donors (Lipinski definition) is 3. The summed E-state index contributed by atoms with van der Waals surface area (Å²) < 4.78 is 0. The first-order valence-electron chi connectivity index (χ1n) is 5.49. The van der Waals surface area contributed by atoms with Gasteiger partial charge in [-0.25, -0.2) is 0 Å². The zero-order valence-corrected chi connectivity index (χ0v) is 9.85. The van der Waals surface area contributed by atoms with Gasteiger partial charge in [-0.1, -0.05) is 36.8 Å². The molecule has 1 unspecified atom stereocenters. The predicted molar refractivity (Wildman–Crippen MR) is 63.3 cm³/mol. The van der Waals surface area contributed by atoms with E-state index in [2.05, 4.69) is 0 Å². The Morgan fingerprint density at radius 1 is 1.00 bits per heavy atom. The highest BCUT2D eigenvalue weighted by Gasteiger charge is 2.35. The molecule has 16 heavy (non-hydrogen) atoms. The highest BCUT2D eigenvalue weighted by atomic mass is 16.3. The van der Waals surface area contributed by atoms with Crippen LogP contribution in [-0.4, -0.2) is 35.1 Å². The third kappa shape index (κ3) is 2.43. The Balaban J connectivity index is 2.98. The summed E-state index contributed by atoms with van der Waals surface area (Å²) in [4.78, 5) is 0. The molecule has 0 amide bonds. The normalized spacial score (nSPS) is 13.8. The molecule has 0 aliphatic rings. The van der Waals surface area contributed by atoms with Crippen LogP contribution in [-0.2, 0) is 0 Å². The van der Waals surface area contributed by atoms with Crippen molar-refractivity contribution in [1.29, 1.82) is 0 Å². The van der Waals surface area contributed by atoms with Crippen LogP contribution in [0, 0.1) is 12.3 Å². The maximum absolute atomic E-state index is 9.34. The van der Waals surface area contributed by atoms with Crippen LogP contribution in [0.15, 0.2) is 24.3 Å². The van der Waals surface area contributed by atoms with Crippen molar-refractivity contribution in [2.45, 2.75) is 19.8 Å². The van der Waals surface area contributed by atoms with Crippen LogP contribution in [0.25, 0.3) is 0 Å². The highest BCUT2D eigenvalue weighted by molar-refractivity contribution is 5.26. The van der Waals surface area contributed by atoms with E-state index in [0.29, 0.717) is 0 Å². The summed E-state index contributed by atoms with van der Waals surface area (Å²) in [6, 6.07) is 7.91. The van der Waals surface area contributed by atoms with E-state index in [1.54, 1.807) is 0 Å². The molecule has 3 heteroatoms. The molecule has 3 nitrogen and oxygen atoms in total. The maximum atomic E-state index is 9.34. The zero-order chi connectivity index (χ0) is 12.2.